The van der Waals surface area contributed by atoms with E-state index in [2.05, 4.69) is 60.7 Å². The molecule has 0 aromatic heterocycles. The molecule has 22 heavy (non-hydrogen) atoms. The number of nitrogens with one attached hydrogen (secondary N) is 2. The minimum Gasteiger partial charge on any atom is -0.380 e. The van der Waals surface area contributed by atoms with E-state index in [-0.39, 0.29) is 24.0 Å². The van der Waals surface area contributed by atoms with Crippen LogP contribution in [0.3, 0.4) is 0 Å². The summed E-state index contributed by atoms with van der Waals surface area (Å²) in [6, 6.07) is 8.47. The summed E-state index contributed by atoms with van der Waals surface area (Å²) in [4.78, 5) is 4.21. The van der Waals surface area contributed by atoms with Crippen LogP contribution in [-0.4, -0.2) is 32.8 Å². The first-order valence-electron chi connectivity index (χ1n) is 7.69. The largest absolute Gasteiger partial charge is 0.380 e. The van der Waals surface area contributed by atoms with E-state index >= 15 is 0 Å². The van der Waals surface area contributed by atoms with Crippen LogP contribution < -0.4 is 10.6 Å². The predicted octanol–water partition coefficient (Wildman–Crippen LogP) is 3.34. The van der Waals surface area contributed by atoms with E-state index in [1.807, 2.05) is 0 Å². The Hall–Kier alpha value is -0.820. The van der Waals surface area contributed by atoms with Crippen LogP contribution in [0.4, 0.5) is 0 Å². The fourth-order valence-electron chi connectivity index (χ4n) is 1.89. The molecule has 0 aliphatic heterocycles. The fraction of sp³-hybridized carbons (Fsp3) is 0.588. The summed E-state index contributed by atoms with van der Waals surface area (Å²) in [5, 5.41) is 6.56. The van der Waals surface area contributed by atoms with Gasteiger partial charge in [-0.3, -0.25) is 4.99 Å². The molecule has 0 saturated carbocycles. The second-order valence-electron chi connectivity index (χ2n) is 5.64. The Bertz CT molecular complexity index is 436. The third kappa shape index (κ3) is 10.00. The van der Waals surface area contributed by atoms with Crippen LogP contribution in [0.5, 0.6) is 0 Å². The maximum absolute atomic E-state index is 5.57. The molecule has 0 atom stereocenters. The van der Waals surface area contributed by atoms with Gasteiger partial charge in [0, 0.05) is 26.7 Å². The molecule has 0 aliphatic carbocycles. The molecule has 5 heteroatoms. The molecule has 0 amide bonds. The molecule has 4 nitrogen and oxygen atoms in total. The Morgan fingerprint density at radius 3 is 2.64 bits per heavy atom. The molecule has 1 aromatic rings. The standard InChI is InChI=1S/C17H29N3O.HI/c1-14(2)8-10-21-11-9-19-17(18-4)20-13-16-7-5-6-15(3)12-16;/h5-7,12,14H,8-11,13H2,1-4H3,(H2,18,19,20);1H. The van der Waals surface area contributed by atoms with Crippen molar-refractivity contribution in [2.45, 2.75) is 33.7 Å². The molecule has 1 aromatic carbocycles. The first-order chi connectivity index (χ1) is 10.1. The first kappa shape index (κ1) is 21.2. The van der Waals surface area contributed by atoms with Crippen LogP contribution >= 0.6 is 24.0 Å². The summed E-state index contributed by atoms with van der Waals surface area (Å²) in [6.07, 6.45) is 1.11. The molecular weight excluding hydrogens is 389 g/mol. The second-order valence-corrected chi connectivity index (χ2v) is 5.64. The molecule has 0 bridgehead atoms. The number of aliphatic imine (C=N–C) groups is 1. The van der Waals surface area contributed by atoms with Crippen LogP contribution in [0.15, 0.2) is 29.3 Å². The van der Waals surface area contributed by atoms with Gasteiger partial charge in [-0.1, -0.05) is 43.7 Å². The Balaban J connectivity index is 0.00000441. The highest BCUT2D eigenvalue weighted by atomic mass is 127. The van der Waals surface area contributed by atoms with Gasteiger partial charge in [0.1, 0.15) is 0 Å². The maximum atomic E-state index is 5.57. The van der Waals surface area contributed by atoms with E-state index in [1.54, 1.807) is 7.05 Å². The van der Waals surface area contributed by atoms with Gasteiger partial charge in [0.25, 0.3) is 0 Å². The quantitative estimate of drug-likeness (QED) is 0.294. The lowest BCUT2D eigenvalue weighted by molar-refractivity contribution is 0.128. The SMILES string of the molecule is CN=C(NCCOCCC(C)C)NCc1cccc(C)c1.I. The highest BCUT2D eigenvalue weighted by Gasteiger charge is 1.99. The molecule has 2 N–H and O–H groups in total. The number of guanidine groups is 1. The Morgan fingerprint density at radius 2 is 2.00 bits per heavy atom. The van der Waals surface area contributed by atoms with Crippen molar-refractivity contribution in [2.75, 3.05) is 26.8 Å². The minimum atomic E-state index is 0. The number of hydrogen-bond donors (Lipinski definition) is 2. The number of hydrogen-bond acceptors (Lipinski definition) is 2. The first-order valence-corrected chi connectivity index (χ1v) is 7.69. The van der Waals surface area contributed by atoms with Gasteiger partial charge in [0.15, 0.2) is 5.96 Å². The molecule has 0 fully saturated rings. The molecule has 0 spiro atoms. The fourth-order valence-corrected chi connectivity index (χ4v) is 1.89. The van der Waals surface area contributed by atoms with Crippen molar-refractivity contribution in [2.24, 2.45) is 10.9 Å². The van der Waals surface area contributed by atoms with Crippen LogP contribution in [-0.2, 0) is 11.3 Å². The highest BCUT2D eigenvalue weighted by Crippen LogP contribution is 2.03. The van der Waals surface area contributed by atoms with Gasteiger partial charge in [-0.2, -0.15) is 0 Å². The van der Waals surface area contributed by atoms with Crippen molar-refractivity contribution in [1.29, 1.82) is 0 Å². The van der Waals surface area contributed by atoms with Gasteiger partial charge >= 0.3 is 0 Å². The number of ether oxygens (including phenoxy) is 1. The van der Waals surface area contributed by atoms with Crippen LogP contribution in [0.1, 0.15) is 31.4 Å². The van der Waals surface area contributed by atoms with Crippen molar-refractivity contribution in [3.05, 3.63) is 35.4 Å². The summed E-state index contributed by atoms with van der Waals surface area (Å²) < 4.78 is 5.57. The van der Waals surface area contributed by atoms with E-state index in [0.717, 1.165) is 32.1 Å². The van der Waals surface area contributed by atoms with Crippen molar-refractivity contribution in [3.63, 3.8) is 0 Å². The Kier molecular flexibility index (Phi) is 12.2. The highest BCUT2D eigenvalue weighted by molar-refractivity contribution is 14.0. The van der Waals surface area contributed by atoms with Gasteiger partial charge in [-0.05, 0) is 24.8 Å². The molecule has 0 radical (unpaired) electrons. The smallest absolute Gasteiger partial charge is 0.191 e. The van der Waals surface area contributed by atoms with Crippen LogP contribution in [0, 0.1) is 12.8 Å². The summed E-state index contributed by atoms with van der Waals surface area (Å²) in [7, 11) is 1.78. The third-order valence-electron chi connectivity index (χ3n) is 3.14. The summed E-state index contributed by atoms with van der Waals surface area (Å²) in [5.41, 5.74) is 2.53. The lowest BCUT2D eigenvalue weighted by Crippen LogP contribution is -2.38. The van der Waals surface area contributed by atoms with Gasteiger partial charge in [-0.15, -0.1) is 24.0 Å². The summed E-state index contributed by atoms with van der Waals surface area (Å²) in [6.45, 7) is 9.59. The minimum absolute atomic E-state index is 0. The molecule has 0 aliphatic rings. The number of rotatable bonds is 8. The van der Waals surface area contributed by atoms with Crippen molar-refractivity contribution >= 4 is 29.9 Å². The third-order valence-corrected chi connectivity index (χ3v) is 3.14. The lowest BCUT2D eigenvalue weighted by Gasteiger charge is -2.12. The average molecular weight is 419 g/mol. The molecule has 0 unspecified atom stereocenters. The van der Waals surface area contributed by atoms with Gasteiger partial charge in [0.2, 0.25) is 0 Å². The van der Waals surface area contributed by atoms with E-state index in [4.69, 9.17) is 4.74 Å². The van der Waals surface area contributed by atoms with E-state index in [0.29, 0.717) is 12.5 Å². The van der Waals surface area contributed by atoms with Crippen LogP contribution in [0.25, 0.3) is 0 Å². The Labute approximate surface area is 152 Å². The number of aryl methyl sites for hydroxylation is 1. The zero-order valence-electron chi connectivity index (χ0n) is 14.2. The molecule has 126 valence electrons. The summed E-state index contributed by atoms with van der Waals surface area (Å²) >= 11 is 0. The number of halogens is 1. The van der Waals surface area contributed by atoms with Crippen molar-refractivity contribution in [3.8, 4) is 0 Å². The lowest BCUT2D eigenvalue weighted by atomic mass is 10.1. The second kappa shape index (κ2) is 12.7. The average Bonchev–Trinajstić information content (AvgIpc) is 2.45. The zero-order valence-corrected chi connectivity index (χ0v) is 16.5. The van der Waals surface area contributed by atoms with Crippen LogP contribution in [0.2, 0.25) is 0 Å². The topological polar surface area (TPSA) is 45.7 Å². The summed E-state index contributed by atoms with van der Waals surface area (Å²) in [5.74, 6) is 1.51. The van der Waals surface area contributed by atoms with Gasteiger partial charge < -0.3 is 15.4 Å². The Morgan fingerprint density at radius 1 is 1.23 bits per heavy atom. The van der Waals surface area contributed by atoms with Crippen molar-refractivity contribution in [1.82, 2.24) is 10.6 Å². The number of benzene rings is 1. The maximum Gasteiger partial charge on any atom is 0.191 e. The molecule has 1 rings (SSSR count). The number of nitrogens with zero attached hydrogens (tertiary/aromatic N) is 1. The van der Waals surface area contributed by atoms with E-state index in [1.165, 1.54) is 11.1 Å². The monoisotopic (exact) mass is 419 g/mol. The van der Waals surface area contributed by atoms with E-state index in [9.17, 15) is 0 Å². The molecule has 0 saturated heterocycles. The normalized spacial score (nSPS) is 11.2. The predicted molar refractivity (Wildman–Crippen MR) is 105 cm³/mol. The molecule has 0 heterocycles. The van der Waals surface area contributed by atoms with Gasteiger partial charge in [-0.25, -0.2) is 0 Å². The zero-order chi connectivity index (χ0) is 15.5. The van der Waals surface area contributed by atoms with Gasteiger partial charge in [0.05, 0.1) is 6.61 Å². The van der Waals surface area contributed by atoms with Crippen molar-refractivity contribution < 1.29 is 4.74 Å². The molecular formula is C17H30IN3O. The van der Waals surface area contributed by atoms with E-state index < -0.39 is 0 Å².